The second-order valence-electron chi connectivity index (χ2n) is 6.21. The van der Waals surface area contributed by atoms with E-state index in [4.69, 9.17) is 11.5 Å². The van der Waals surface area contributed by atoms with Crippen molar-refractivity contribution in [1.29, 1.82) is 0 Å². The topological polar surface area (TPSA) is 124 Å². The number of nitrogens with zero attached hydrogens (tertiary/aromatic N) is 3. The number of amides is 1. The lowest BCUT2D eigenvalue weighted by Crippen LogP contribution is -2.43. The van der Waals surface area contributed by atoms with Crippen LogP contribution in [0.2, 0.25) is 0 Å². The van der Waals surface area contributed by atoms with Gasteiger partial charge in [-0.1, -0.05) is 12.8 Å². The highest BCUT2D eigenvalue weighted by Gasteiger charge is 2.23. The largest absolute Gasteiger partial charge is 0.365 e. The molecule has 1 aliphatic rings. The number of nitrogens with two attached hydrogens (primary N) is 2. The number of primary amides is 1. The van der Waals surface area contributed by atoms with Crippen LogP contribution < -0.4 is 22.1 Å². The number of anilines is 3. The van der Waals surface area contributed by atoms with Crippen molar-refractivity contribution in [3.05, 3.63) is 30.2 Å². The Hall–Kier alpha value is -2.61. The Balaban J connectivity index is 1.83. The Bertz CT molecular complexity index is 727. The molecule has 2 atom stereocenters. The van der Waals surface area contributed by atoms with Crippen LogP contribution in [-0.2, 0) is 7.05 Å². The van der Waals surface area contributed by atoms with Crippen molar-refractivity contribution in [3.8, 4) is 0 Å². The Morgan fingerprint density at radius 2 is 2.17 bits per heavy atom. The van der Waals surface area contributed by atoms with Gasteiger partial charge < -0.3 is 26.7 Å². The van der Waals surface area contributed by atoms with Gasteiger partial charge in [0.1, 0.15) is 11.4 Å². The number of hydrogen-bond acceptors (Lipinski definition) is 6. The van der Waals surface area contributed by atoms with Gasteiger partial charge in [0.15, 0.2) is 0 Å². The van der Waals surface area contributed by atoms with E-state index in [0.29, 0.717) is 11.8 Å². The van der Waals surface area contributed by atoms with E-state index in [1.165, 1.54) is 6.20 Å². The van der Waals surface area contributed by atoms with E-state index in [1.54, 1.807) is 0 Å². The number of hydrogen-bond donors (Lipinski definition) is 4. The fourth-order valence-electron chi connectivity index (χ4n) is 2.95. The summed E-state index contributed by atoms with van der Waals surface area (Å²) in [5.74, 6) is 0.255. The summed E-state index contributed by atoms with van der Waals surface area (Å²) in [6, 6.07) is 2.11. The predicted molar refractivity (Wildman–Crippen MR) is 93.1 cm³/mol. The molecule has 1 amide bonds. The van der Waals surface area contributed by atoms with Gasteiger partial charge in [0, 0.05) is 37.7 Å². The van der Waals surface area contributed by atoms with E-state index in [1.807, 2.05) is 30.1 Å². The average molecular weight is 329 g/mol. The zero-order chi connectivity index (χ0) is 17.1. The first-order valence-corrected chi connectivity index (χ1v) is 8.11. The quantitative estimate of drug-likeness (QED) is 0.656. The van der Waals surface area contributed by atoms with E-state index >= 15 is 0 Å². The fraction of sp³-hybridized carbons (Fsp3) is 0.438. The van der Waals surface area contributed by atoms with Gasteiger partial charge in [-0.05, 0) is 18.9 Å². The highest BCUT2D eigenvalue weighted by atomic mass is 16.1. The molecule has 2 aromatic heterocycles. The van der Waals surface area contributed by atoms with Crippen LogP contribution >= 0.6 is 0 Å². The molecule has 0 saturated heterocycles. The molecule has 2 heterocycles. The monoisotopic (exact) mass is 329 g/mol. The van der Waals surface area contributed by atoms with Crippen molar-refractivity contribution in [2.45, 2.75) is 37.8 Å². The van der Waals surface area contributed by atoms with Gasteiger partial charge in [0.25, 0.3) is 5.91 Å². The molecule has 3 rings (SSSR count). The van der Waals surface area contributed by atoms with Gasteiger partial charge in [0.05, 0.1) is 5.69 Å². The van der Waals surface area contributed by atoms with Crippen LogP contribution in [0.5, 0.6) is 0 Å². The van der Waals surface area contributed by atoms with Crippen LogP contribution in [0.3, 0.4) is 0 Å². The molecule has 8 heteroatoms. The summed E-state index contributed by atoms with van der Waals surface area (Å²) in [7, 11) is 1.91. The Labute approximate surface area is 140 Å². The second-order valence-corrected chi connectivity index (χ2v) is 6.21. The highest BCUT2D eigenvalue weighted by molar-refractivity contribution is 5.98. The summed E-state index contributed by atoms with van der Waals surface area (Å²) in [5.41, 5.74) is 12.7. The van der Waals surface area contributed by atoms with Crippen LogP contribution in [0.25, 0.3) is 0 Å². The van der Waals surface area contributed by atoms with E-state index in [2.05, 4.69) is 20.6 Å². The molecular formula is C16H23N7O. The molecule has 0 aromatic carbocycles. The number of nitrogens with one attached hydrogen (secondary N) is 2. The molecule has 1 fully saturated rings. The minimum absolute atomic E-state index is 0.0868. The van der Waals surface area contributed by atoms with Gasteiger partial charge in [-0.3, -0.25) is 4.79 Å². The molecule has 0 bridgehead atoms. The minimum atomic E-state index is -0.575. The molecular weight excluding hydrogens is 306 g/mol. The number of aromatic nitrogens is 3. The maximum atomic E-state index is 11.6. The Morgan fingerprint density at radius 3 is 2.83 bits per heavy atom. The SMILES string of the molecule is Cn1ccc(Nc2nc(N[C@@H]3CCCC[C@@H]3N)ncc2C(N)=O)c1. The zero-order valence-corrected chi connectivity index (χ0v) is 13.7. The van der Waals surface area contributed by atoms with E-state index in [-0.39, 0.29) is 17.6 Å². The third-order valence-electron chi connectivity index (χ3n) is 4.28. The van der Waals surface area contributed by atoms with Gasteiger partial charge in [-0.2, -0.15) is 4.98 Å². The van der Waals surface area contributed by atoms with Gasteiger partial charge in [-0.25, -0.2) is 4.98 Å². The van der Waals surface area contributed by atoms with Gasteiger partial charge in [-0.15, -0.1) is 0 Å². The van der Waals surface area contributed by atoms with Crippen LogP contribution in [-0.4, -0.2) is 32.5 Å². The summed E-state index contributed by atoms with van der Waals surface area (Å²) < 4.78 is 1.90. The molecule has 0 aliphatic heterocycles. The molecule has 0 unspecified atom stereocenters. The van der Waals surface area contributed by atoms with E-state index in [0.717, 1.165) is 31.4 Å². The van der Waals surface area contributed by atoms with Gasteiger partial charge in [0.2, 0.25) is 5.95 Å². The lowest BCUT2D eigenvalue weighted by atomic mass is 9.91. The third kappa shape index (κ3) is 3.65. The summed E-state index contributed by atoms with van der Waals surface area (Å²) >= 11 is 0. The van der Waals surface area contributed by atoms with E-state index in [9.17, 15) is 4.79 Å². The summed E-state index contributed by atoms with van der Waals surface area (Å²) in [6.07, 6.45) is 9.50. The molecule has 6 N–H and O–H groups in total. The smallest absolute Gasteiger partial charge is 0.254 e. The molecule has 24 heavy (non-hydrogen) atoms. The number of aryl methyl sites for hydroxylation is 1. The number of carbonyl (C=O) groups excluding carboxylic acids is 1. The van der Waals surface area contributed by atoms with Crippen LogP contribution in [0.4, 0.5) is 17.5 Å². The van der Waals surface area contributed by atoms with Crippen molar-refractivity contribution < 1.29 is 4.79 Å². The molecule has 1 saturated carbocycles. The highest BCUT2D eigenvalue weighted by Crippen LogP contribution is 2.23. The van der Waals surface area contributed by atoms with Crippen molar-refractivity contribution >= 4 is 23.4 Å². The summed E-state index contributed by atoms with van der Waals surface area (Å²) in [4.78, 5) is 20.3. The fourth-order valence-corrected chi connectivity index (χ4v) is 2.95. The van der Waals surface area contributed by atoms with E-state index < -0.39 is 5.91 Å². The minimum Gasteiger partial charge on any atom is -0.365 e. The standard InChI is InChI=1S/C16H23N7O/c1-23-7-6-10(9-23)20-15-11(14(18)24)8-19-16(22-15)21-13-5-3-2-4-12(13)17/h6-9,12-13H,2-5,17H2,1H3,(H2,18,24)(H2,19,20,21,22)/t12-,13+/m0/s1. The first-order chi connectivity index (χ1) is 11.5. The third-order valence-corrected chi connectivity index (χ3v) is 4.28. The lowest BCUT2D eigenvalue weighted by Gasteiger charge is -2.29. The van der Waals surface area contributed by atoms with Crippen molar-refractivity contribution in [2.75, 3.05) is 10.6 Å². The molecule has 0 spiro atoms. The van der Waals surface area contributed by atoms with Crippen LogP contribution in [0.1, 0.15) is 36.0 Å². The zero-order valence-electron chi connectivity index (χ0n) is 13.7. The van der Waals surface area contributed by atoms with Crippen LogP contribution in [0, 0.1) is 0 Å². The number of rotatable bonds is 5. The normalized spacial score (nSPS) is 20.6. The summed E-state index contributed by atoms with van der Waals surface area (Å²) in [6.45, 7) is 0. The van der Waals surface area contributed by atoms with Gasteiger partial charge >= 0.3 is 0 Å². The molecule has 2 aromatic rings. The maximum absolute atomic E-state index is 11.6. The second kappa shape index (κ2) is 6.88. The van der Waals surface area contributed by atoms with Crippen molar-refractivity contribution in [2.24, 2.45) is 18.5 Å². The molecule has 128 valence electrons. The molecule has 0 radical (unpaired) electrons. The van der Waals surface area contributed by atoms with Crippen molar-refractivity contribution in [3.63, 3.8) is 0 Å². The summed E-state index contributed by atoms with van der Waals surface area (Å²) in [5, 5.41) is 6.40. The molecule has 8 nitrogen and oxygen atoms in total. The Kier molecular flexibility index (Phi) is 4.66. The molecule has 1 aliphatic carbocycles. The first kappa shape index (κ1) is 16.3. The number of carbonyl (C=O) groups is 1. The first-order valence-electron chi connectivity index (χ1n) is 8.11. The lowest BCUT2D eigenvalue weighted by molar-refractivity contribution is 0.100. The predicted octanol–water partition coefficient (Wildman–Crippen LogP) is 1.34. The Morgan fingerprint density at radius 1 is 1.38 bits per heavy atom. The average Bonchev–Trinajstić information content (AvgIpc) is 2.94. The van der Waals surface area contributed by atoms with Crippen LogP contribution in [0.15, 0.2) is 24.7 Å². The maximum Gasteiger partial charge on any atom is 0.254 e. The van der Waals surface area contributed by atoms with Crippen molar-refractivity contribution in [1.82, 2.24) is 14.5 Å².